The molecule has 2 aliphatic heterocycles. The molecule has 318 valence electrons. The van der Waals surface area contributed by atoms with Gasteiger partial charge in [0.25, 0.3) is 0 Å². The van der Waals surface area contributed by atoms with Gasteiger partial charge < -0.3 is 47.4 Å². The zero-order chi connectivity index (χ0) is 39.1. The van der Waals surface area contributed by atoms with E-state index in [-0.39, 0.29) is 62.3 Å². The van der Waals surface area contributed by atoms with E-state index in [0.717, 1.165) is 83.5 Å². The smallest absolute Gasteiger partial charge is 0.334 e. The lowest BCUT2D eigenvalue weighted by Crippen LogP contribution is -2.34. The van der Waals surface area contributed by atoms with Crippen LogP contribution < -0.4 is 0 Å². The van der Waals surface area contributed by atoms with Crippen molar-refractivity contribution in [2.24, 2.45) is 0 Å². The Morgan fingerprint density at radius 3 is 1.48 bits per heavy atom. The number of ether oxygens (including phenoxy) is 10. The number of carbonyl (C=O) groups excluding carboxylic acids is 1. The first-order valence-corrected chi connectivity index (χ1v) is 21.4. The first-order chi connectivity index (χ1) is 26.4. The quantitative estimate of drug-likeness (QED) is 0.0340. The van der Waals surface area contributed by atoms with E-state index in [1.165, 1.54) is 57.8 Å². The molecule has 0 aromatic heterocycles. The fourth-order valence-corrected chi connectivity index (χ4v) is 7.68. The summed E-state index contributed by atoms with van der Waals surface area (Å²) in [6.07, 6.45) is 27.5. The van der Waals surface area contributed by atoms with Gasteiger partial charge in [-0.25, -0.2) is 4.79 Å². The summed E-state index contributed by atoms with van der Waals surface area (Å²) in [5.41, 5.74) is 0.700. The molecule has 0 bridgehead atoms. The molecule has 0 spiro atoms. The Labute approximate surface area is 329 Å². The molecule has 11 heteroatoms. The number of methoxy groups -OCH3 is 4. The lowest BCUT2D eigenvalue weighted by molar-refractivity contribution is -0.159. The van der Waals surface area contributed by atoms with Crippen molar-refractivity contribution in [1.82, 2.24) is 0 Å². The van der Waals surface area contributed by atoms with Crippen LogP contribution in [0.15, 0.2) is 11.6 Å². The van der Waals surface area contributed by atoms with Gasteiger partial charge in [-0.3, -0.25) is 0 Å². The van der Waals surface area contributed by atoms with E-state index >= 15 is 0 Å². The highest BCUT2D eigenvalue weighted by Gasteiger charge is 2.36. The number of hydrogen-bond donors (Lipinski definition) is 0. The van der Waals surface area contributed by atoms with E-state index in [1.807, 2.05) is 13.0 Å². The van der Waals surface area contributed by atoms with Crippen LogP contribution in [0.2, 0.25) is 0 Å². The monoisotopic (exact) mass is 773 g/mol. The maximum absolute atomic E-state index is 12.1. The average Bonchev–Trinajstić information content (AvgIpc) is 3.79. The zero-order valence-electron chi connectivity index (χ0n) is 35.2. The van der Waals surface area contributed by atoms with Crippen LogP contribution >= 0.6 is 0 Å². The number of carbonyl (C=O) groups is 1. The summed E-state index contributed by atoms with van der Waals surface area (Å²) in [7, 11) is 6.64. The fourth-order valence-electron chi connectivity index (χ4n) is 7.68. The van der Waals surface area contributed by atoms with E-state index in [2.05, 4.69) is 6.92 Å². The van der Waals surface area contributed by atoms with Crippen molar-refractivity contribution in [2.45, 2.75) is 204 Å². The number of hydrogen-bond acceptors (Lipinski definition) is 11. The van der Waals surface area contributed by atoms with E-state index in [4.69, 9.17) is 47.4 Å². The number of rotatable bonds is 38. The van der Waals surface area contributed by atoms with Crippen LogP contribution in [0.25, 0.3) is 0 Å². The molecule has 2 rings (SSSR count). The van der Waals surface area contributed by atoms with Crippen molar-refractivity contribution in [3.05, 3.63) is 11.6 Å². The maximum Gasteiger partial charge on any atom is 0.334 e. The third-order valence-corrected chi connectivity index (χ3v) is 10.7. The second-order valence-electron chi connectivity index (χ2n) is 15.3. The standard InChI is InChI=1S/C43H80O11/c1-7-8-9-10-11-12-13-14-15-19-25-39(51-33-47-5)41-27-28-42(54-41)40(52-34-48-6)26-21-20-23-37(49-31-45-3)22-17-16-18-24-38(50-32-46-4)30-36-29-35(2)53-43(36)44/h29,35,37-42H,7-28,30-34H2,1-6H3/t35-,37+,38+,39+,40+,41+,42+/m0/s1. The molecular formula is C43H80O11. The van der Waals surface area contributed by atoms with Crippen molar-refractivity contribution in [1.29, 1.82) is 0 Å². The van der Waals surface area contributed by atoms with Crippen LogP contribution in [0, 0.1) is 0 Å². The van der Waals surface area contributed by atoms with Gasteiger partial charge in [-0.1, -0.05) is 103 Å². The minimum atomic E-state index is -0.237. The molecule has 0 saturated carbocycles. The largest absolute Gasteiger partial charge is 0.455 e. The number of unbranched alkanes of at least 4 members (excludes halogenated alkanes) is 12. The third-order valence-electron chi connectivity index (χ3n) is 10.7. The second kappa shape index (κ2) is 32.9. The molecular weight excluding hydrogens is 692 g/mol. The van der Waals surface area contributed by atoms with Gasteiger partial charge in [0, 0.05) is 40.4 Å². The van der Waals surface area contributed by atoms with Gasteiger partial charge in [-0.05, 0) is 57.9 Å². The molecule has 0 N–H and O–H groups in total. The summed E-state index contributed by atoms with van der Waals surface area (Å²) in [6, 6.07) is 0. The molecule has 2 heterocycles. The van der Waals surface area contributed by atoms with E-state index < -0.39 is 0 Å². The third kappa shape index (κ3) is 22.6. The summed E-state index contributed by atoms with van der Waals surface area (Å²) in [5.74, 6) is -0.237. The minimum Gasteiger partial charge on any atom is -0.455 e. The van der Waals surface area contributed by atoms with Gasteiger partial charge in [0.15, 0.2) is 0 Å². The molecule has 54 heavy (non-hydrogen) atoms. The Kier molecular flexibility index (Phi) is 29.8. The van der Waals surface area contributed by atoms with Crippen LogP contribution in [-0.2, 0) is 52.2 Å². The molecule has 0 aliphatic carbocycles. The van der Waals surface area contributed by atoms with Crippen molar-refractivity contribution in [2.75, 3.05) is 55.6 Å². The maximum atomic E-state index is 12.1. The van der Waals surface area contributed by atoms with Gasteiger partial charge in [0.2, 0.25) is 0 Å². The number of esters is 1. The number of cyclic esters (lactones) is 1. The first-order valence-electron chi connectivity index (χ1n) is 21.4. The first kappa shape index (κ1) is 49.0. The Morgan fingerprint density at radius 2 is 0.981 bits per heavy atom. The Balaban J connectivity index is 1.75. The predicted octanol–water partition coefficient (Wildman–Crippen LogP) is 9.57. The molecule has 0 aromatic carbocycles. The molecule has 0 unspecified atom stereocenters. The topological polar surface area (TPSA) is 109 Å². The van der Waals surface area contributed by atoms with Gasteiger partial charge >= 0.3 is 5.97 Å². The average molecular weight is 773 g/mol. The van der Waals surface area contributed by atoms with Crippen molar-refractivity contribution >= 4 is 5.97 Å². The summed E-state index contributed by atoms with van der Waals surface area (Å²) >= 11 is 0. The van der Waals surface area contributed by atoms with Gasteiger partial charge in [-0.15, -0.1) is 0 Å². The van der Waals surface area contributed by atoms with Crippen LogP contribution in [0.3, 0.4) is 0 Å². The summed E-state index contributed by atoms with van der Waals surface area (Å²) in [5, 5.41) is 0. The summed E-state index contributed by atoms with van der Waals surface area (Å²) in [6.45, 7) is 5.21. The van der Waals surface area contributed by atoms with Crippen molar-refractivity contribution in [3.8, 4) is 0 Å². The highest BCUT2D eigenvalue weighted by Crippen LogP contribution is 2.31. The lowest BCUT2D eigenvalue weighted by Gasteiger charge is -2.27. The van der Waals surface area contributed by atoms with E-state index in [9.17, 15) is 4.79 Å². The normalized spacial score (nSPS) is 21.0. The fraction of sp³-hybridized carbons (Fsp3) is 0.930. The molecule has 2 aliphatic rings. The van der Waals surface area contributed by atoms with E-state index in [0.29, 0.717) is 25.6 Å². The Bertz CT molecular complexity index is 918. The van der Waals surface area contributed by atoms with E-state index in [1.54, 1.807) is 28.4 Å². The molecule has 7 atom stereocenters. The summed E-state index contributed by atoms with van der Waals surface area (Å²) in [4.78, 5) is 12.1. The highest BCUT2D eigenvalue weighted by atomic mass is 16.7. The van der Waals surface area contributed by atoms with Gasteiger partial charge in [0.1, 0.15) is 33.3 Å². The Hall–Kier alpha value is -1.15. The summed E-state index contributed by atoms with van der Waals surface area (Å²) < 4.78 is 57.3. The SMILES string of the molecule is CCCCCCCCCCCC[C@@H](OCOC)[C@H]1CC[C@H]([C@@H](CCCC[C@@H](CCCCC[C@H](CC2=C[C@H](C)OC2=O)OCOC)OCOC)OCOC)O1. The highest BCUT2D eigenvalue weighted by molar-refractivity contribution is 5.90. The lowest BCUT2D eigenvalue weighted by atomic mass is 9.98. The van der Waals surface area contributed by atoms with Crippen LogP contribution in [0.4, 0.5) is 0 Å². The zero-order valence-corrected chi connectivity index (χ0v) is 35.2. The minimum absolute atomic E-state index is 0.0213. The van der Waals surface area contributed by atoms with Crippen LogP contribution in [0.1, 0.15) is 162 Å². The van der Waals surface area contributed by atoms with Crippen molar-refractivity contribution in [3.63, 3.8) is 0 Å². The van der Waals surface area contributed by atoms with Gasteiger partial charge in [0.05, 0.1) is 36.6 Å². The van der Waals surface area contributed by atoms with Gasteiger partial charge in [-0.2, -0.15) is 0 Å². The molecule has 0 aromatic rings. The molecule has 1 saturated heterocycles. The molecule has 0 radical (unpaired) electrons. The van der Waals surface area contributed by atoms with Crippen LogP contribution in [0.5, 0.6) is 0 Å². The second-order valence-corrected chi connectivity index (χ2v) is 15.3. The Morgan fingerprint density at radius 1 is 0.574 bits per heavy atom. The molecule has 0 amide bonds. The van der Waals surface area contributed by atoms with Crippen LogP contribution in [-0.4, -0.2) is 104 Å². The van der Waals surface area contributed by atoms with Crippen molar-refractivity contribution < 1.29 is 52.2 Å². The predicted molar refractivity (Wildman–Crippen MR) is 211 cm³/mol. The molecule has 11 nitrogen and oxygen atoms in total. The molecule has 1 fully saturated rings.